The van der Waals surface area contributed by atoms with E-state index in [9.17, 15) is 9.59 Å². The Morgan fingerprint density at radius 2 is 1.96 bits per heavy atom. The molecular formula is C18H19BrN2O3. The number of esters is 1. The Morgan fingerprint density at radius 1 is 1.17 bits per heavy atom. The van der Waals surface area contributed by atoms with E-state index in [1.54, 1.807) is 25.4 Å². The Bertz CT molecular complexity index is 747. The lowest BCUT2D eigenvalue weighted by Gasteiger charge is -2.08. The number of rotatable bonds is 7. The summed E-state index contributed by atoms with van der Waals surface area (Å²) < 4.78 is 5.80. The first-order valence-electron chi connectivity index (χ1n) is 7.83. The van der Waals surface area contributed by atoms with E-state index in [-0.39, 0.29) is 5.78 Å². The van der Waals surface area contributed by atoms with Crippen LogP contribution < -0.4 is 0 Å². The predicted molar refractivity (Wildman–Crippen MR) is 94.7 cm³/mol. The number of aromatic nitrogens is 2. The van der Waals surface area contributed by atoms with E-state index in [1.165, 1.54) is 6.20 Å². The van der Waals surface area contributed by atoms with E-state index in [0.29, 0.717) is 25.0 Å². The minimum atomic E-state index is -0.405. The summed E-state index contributed by atoms with van der Waals surface area (Å²) in [6.45, 7) is 4.05. The van der Waals surface area contributed by atoms with Gasteiger partial charge in [0.25, 0.3) is 0 Å². The third-order valence-electron chi connectivity index (χ3n) is 3.38. The molecule has 5 nitrogen and oxygen atoms in total. The first-order valence-corrected chi connectivity index (χ1v) is 8.63. The molecule has 6 heteroatoms. The molecule has 0 unspecified atom stereocenters. The topological polar surface area (TPSA) is 69.2 Å². The molecule has 0 fully saturated rings. The summed E-state index contributed by atoms with van der Waals surface area (Å²) >= 11 is 3.51. The summed E-state index contributed by atoms with van der Waals surface area (Å²) in [4.78, 5) is 32.0. The summed E-state index contributed by atoms with van der Waals surface area (Å²) in [7, 11) is 0. The molecule has 126 valence electrons. The lowest BCUT2D eigenvalue weighted by atomic mass is 10.1. The monoisotopic (exact) mass is 390 g/mol. The van der Waals surface area contributed by atoms with E-state index in [1.807, 2.05) is 13.0 Å². The van der Waals surface area contributed by atoms with Crippen molar-refractivity contribution in [2.45, 2.75) is 33.1 Å². The van der Waals surface area contributed by atoms with Gasteiger partial charge in [-0.15, -0.1) is 0 Å². The van der Waals surface area contributed by atoms with Gasteiger partial charge in [0.15, 0.2) is 0 Å². The normalized spacial score (nSPS) is 10.5. The van der Waals surface area contributed by atoms with Crippen LogP contribution in [0.3, 0.4) is 0 Å². The zero-order valence-corrected chi connectivity index (χ0v) is 15.3. The maximum absolute atomic E-state index is 11.8. The van der Waals surface area contributed by atoms with Gasteiger partial charge in [0, 0.05) is 52.7 Å². The van der Waals surface area contributed by atoms with Crippen LogP contribution in [0.25, 0.3) is 11.1 Å². The first-order chi connectivity index (χ1) is 11.5. The number of ether oxygens (including phenoxy) is 1. The van der Waals surface area contributed by atoms with Crippen LogP contribution in [0.4, 0.5) is 0 Å². The highest BCUT2D eigenvalue weighted by Gasteiger charge is 2.12. The predicted octanol–water partition coefficient (Wildman–Crippen LogP) is 3.99. The number of pyridine rings is 2. The molecule has 0 aromatic carbocycles. The van der Waals surface area contributed by atoms with Crippen molar-refractivity contribution in [1.82, 2.24) is 9.97 Å². The van der Waals surface area contributed by atoms with Crippen molar-refractivity contribution in [2.24, 2.45) is 0 Å². The molecule has 0 aliphatic heterocycles. The lowest BCUT2D eigenvalue weighted by molar-refractivity contribution is -0.118. The van der Waals surface area contributed by atoms with Crippen molar-refractivity contribution in [1.29, 1.82) is 0 Å². The fourth-order valence-corrected chi connectivity index (χ4v) is 2.86. The molecule has 0 amide bonds. The third kappa shape index (κ3) is 4.71. The zero-order valence-electron chi connectivity index (χ0n) is 13.7. The molecule has 2 rings (SSSR count). The van der Waals surface area contributed by atoms with Gasteiger partial charge in [-0.3, -0.25) is 14.8 Å². The Hall–Kier alpha value is -2.08. The second-order valence-corrected chi connectivity index (χ2v) is 6.16. The molecule has 0 saturated carbocycles. The van der Waals surface area contributed by atoms with Gasteiger partial charge in [-0.25, -0.2) is 4.79 Å². The second-order valence-electron chi connectivity index (χ2n) is 5.30. The van der Waals surface area contributed by atoms with Crippen molar-refractivity contribution >= 4 is 27.7 Å². The Labute approximate surface area is 149 Å². The van der Waals surface area contributed by atoms with Crippen molar-refractivity contribution in [3.05, 3.63) is 46.5 Å². The maximum Gasteiger partial charge on any atom is 0.339 e. The Kier molecular flexibility index (Phi) is 6.61. The number of carbonyl (C=O) groups is 2. The van der Waals surface area contributed by atoms with Crippen LogP contribution in [0.5, 0.6) is 0 Å². The van der Waals surface area contributed by atoms with Crippen LogP contribution in [0.2, 0.25) is 0 Å². The largest absolute Gasteiger partial charge is 0.462 e. The van der Waals surface area contributed by atoms with E-state index in [2.05, 4.69) is 25.9 Å². The SMILES string of the molecule is CCCC(=O)Cc1cc(Br)c(-c2cncc(C(=O)OCC)c2)cn1. The van der Waals surface area contributed by atoms with E-state index in [4.69, 9.17) is 4.74 Å². The number of hydrogen-bond acceptors (Lipinski definition) is 5. The molecule has 2 heterocycles. The van der Waals surface area contributed by atoms with Crippen LogP contribution in [-0.2, 0) is 16.0 Å². The maximum atomic E-state index is 11.8. The Balaban J connectivity index is 2.25. The van der Waals surface area contributed by atoms with Crippen LogP contribution in [0.15, 0.2) is 35.2 Å². The Morgan fingerprint density at radius 3 is 2.62 bits per heavy atom. The van der Waals surface area contributed by atoms with Crippen LogP contribution in [0.1, 0.15) is 42.7 Å². The fourth-order valence-electron chi connectivity index (χ4n) is 2.26. The van der Waals surface area contributed by atoms with Crippen molar-refractivity contribution in [2.75, 3.05) is 6.61 Å². The second kappa shape index (κ2) is 8.68. The standard InChI is InChI=1S/C18H19BrN2O3/c1-3-5-15(22)7-14-8-17(19)16(11-21-14)12-6-13(10-20-9-12)18(23)24-4-2/h6,8-11H,3-5,7H2,1-2H3. The number of hydrogen-bond donors (Lipinski definition) is 0. The molecule has 0 aliphatic carbocycles. The van der Waals surface area contributed by atoms with Crippen molar-refractivity contribution in [3.63, 3.8) is 0 Å². The van der Waals surface area contributed by atoms with Gasteiger partial charge < -0.3 is 4.74 Å². The number of carbonyl (C=O) groups excluding carboxylic acids is 2. The smallest absolute Gasteiger partial charge is 0.339 e. The molecule has 0 radical (unpaired) electrons. The molecule has 0 atom stereocenters. The summed E-state index contributed by atoms with van der Waals surface area (Å²) in [6.07, 6.45) is 6.54. The average molecular weight is 391 g/mol. The number of halogens is 1. The fraction of sp³-hybridized carbons (Fsp3) is 0.333. The van der Waals surface area contributed by atoms with Gasteiger partial charge in [0.2, 0.25) is 0 Å². The highest BCUT2D eigenvalue weighted by Crippen LogP contribution is 2.28. The van der Waals surface area contributed by atoms with Gasteiger partial charge in [-0.2, -0.15) is 0 Å². The number of ketones is 1. The molecule has 0 N–H and O–H groups in total. The van der Waals surface area contributed by atoms with Gasteiger partial charge in [0.05, 0.1) is 12.2 Å². The minimum absolute atomic E-state index is 0.177. The zero-order chi connectivity index (χ0) is 17.5. The first kappa shape index (κ1) is 18.3. The summed E-state index contributed by atoms with van der Waals surface area (Å²) in [6, 6.07) is 3.55. The summed E-state index contributed by atoms with van der Waals surface area (Å²) in [5, 5.41) is 0. The van der Waals surface area contributed by atoms with Crippen molar-refractivity contribution in [3.8, 4) is 11.1 Å². The highest BCUT2D eigenvalue weighted by atomic mass is 79.9. The molecule has 2 aromatic rings. The highest BCUT2D eigenvalue weighted by molar-refractivity contribution is 9.10. The van der Waals surface area contributed by atoms with E-state index < -0.39 is 5.97 Å². The van der Waals surface area contributed by atoms with Crippen molar-refractivity contribution < 1.29 is 14.3 Å². The third-order valence-corrected chi connectivity index (χ3v) is 4.03. The average Bonchev–Trinajstić information content (AvgIpc) is 2.55. The summed E-state index contributed by atoms with van der Waals surface area (Å²) in [5.41, 5.74) is 2.67. The van der Waals surface area contributed by atoms with Gasteiger partial charge in [-0.1, -0.05) is 22.9 Å². The molecule has 0 bridgehead atoms. The summed E-state index contributed by atoms with van der Waals surface area (Å²) in [5.74, 6) is -0.228. The van der Waals surface area contributed by atoms with E-state index >= 15 is 0 Å². The van der Waals surface area contributed by atoms with Gasteiger partial charge >= 0.3 is 5.97 Å². The van der Waals surface area contributed by atoms with Gasteiger partial charge in [-0.05, 0) is 25.5 Å². The molecule has 0 spiro atoms. The molecule has 0 aliphatic rings. The minimum Gasteiger partial charge on any atom is -0.462 e. The quantitative estimate of drug-likeness (QED) is 0.668. The van der Waals surface area contributed by atoms with E-state index in [0.717, 1.165) is 27.7 Å². The van der Waals surface area contributed by atoms with Crippen LogP contribution in [-0.4, -0.2) is 28.3 Å². The molecular weight excluding hydrogens is 372 g/mol. The van der Waals surface area contributed by atoms with Crippen LogP contribution >= 0.6 is 15.9 Å². The number of nitrogens with zero attached hydrogens (tertiary/aromatic N) is 2. The number of Topliss-reactive ketones (excluding diaryl/α,β-unsaturated/α-hetero) is 1. The molecule has 2 aromatic heterocycles. The van der Waals surface area contributed by atoms with Gasteiger partial charge in [0.1, 0.15) is 5.78 Å². The van der Waals surface area contributed by atoms with Crippen LogP contribution in [0, 0.1) is 0 Å². The molecule has 24 heavy (non-hydrogen) atoms. The lowest BCUT2D eigenvalue weighted by Crippen LogP contribution is -2.05. The molecule has 0 saturated heterocycles.